The Hall–Kier alpha value is -2.35. The molecular formula is C16H18N4O3S. The predicted octanol–water partition coefficient (Wildman–Crippen LogP) is 2.18. The van der Waals surface area contributed by atoms with Crippen molar-refractivity contribution in [2.45, 2.75) is 30.5 Å². The van der Waals surface area contributed by atoms with Crippen molar-refractivity contribution in [2.24, 2.45) is 14.1 Å². The first-order chi connectivity index (χ1) is 11.4. The van der Waals surface area contributed by atoms with E-state index in [0.717, 1.165) is 11.0 Å². The molecule has 0 bridgehead atoms. The third-order valence-corrected chi connectivity index (χ3v) is 5.15. The number of hydrogen-bond donors (Lipinski definition) is 0. The molecule has 24 heavy (non-hydrogen) atoms. The quantitative estimate of drug-likeness (QED) is 0.532. The Balaban J connectivity index is 2.40. The molecule has 7 nitrogen and oxygen atoms in total. The van der Waals surface area contributed by atoms with Gasteiger partial charge in [0.25, 0.3) is 5.56 Å². The first-order valence-corrected chi connectivity index (χ1v) is 8.50. The molecule has 8 heteroatoms. The summed E-state index contributed by atoms with van der Waals surface area (Å²) in [7, 11) is 3.06. The predicted molar refractivity (Wildman–Crippen MR) is 93.3 cm³/mol. The molecule has 3 aromatic heterocycles. The van der Waals surface area contributed by atoms with Crippen LogP contribution in [0.15, 0.2) is 37.4 Å². The number of aromatic nitrogens is 4. The Bertz CT molecular complexity index is 1000. The number of aryl methyl sites for hydroxylation is 1. The van der Waals surface area contributed by atoms with E-state index in [1.807, 2.05) is 0 Å². The highest BCUT2D eigenvalue weighted by molar-refractivity contribution is 8.00. The first-order valence-electron chi connectivity index (χ1n) is 7.62. The van der Waals surface area contributed by atoms with Crippen LogP contribution in [-0.4, -0.2) is 24.4 Å². The Labute approximate surface area is 142 Å². The van der Waals surface area contributed by atoms with Crippen LogP contribution in [0.1, 0.15) is 20.3 Å². The minimum Gasteiger partial charge on any atom is -0.461 e. The van der Waals surface area contributed by atoms with Crippen LogP contribution in [0.4, 0.5) is 0 Å². The molecule has 3 rings (SSSR count). The number of thioether (sulfide) groups is 1. The molecule has 0 radical (unpaired) electrons. The van der Waals surface area contributed by atoms with Crippen molar-refractivity contribution < 1.29 is 4.42 Å². The third-order valence-electron chi connectivity index (χ3n) is 3.90. The summed E-state index contributed by atoms with van der Waals surface area (Å²) in [6.45, 7) is 4.14. The molecule has 0 aliphatic carbocycles. The van der Waals surface area contributed by atoms with Crippen molar-refractivity contribution in [1.29, 1.82) is 0 Å². The molecule has 0 spiro atoms. The summed E-state index contributed by atoms with van der Waals surface area (Å²) in [6, 6.07) is 3.49. The van der Waals surface area contributed by atoms with Gasteiger partial charge in [0.2, 0.25) is 0 Å². The van der Waals surface area contributed by atoms with Crippen molar-refractivity contribution in [3.05, 3.63) is 39.2 Å². The summed E-state index contributed by atoms with van der Waals surface area (Å²) >= 11 is 1.50. The summed E-state index contributed by atoms with van der Waals surface area (Å²) in [5, 5.41) is 1.20. The van der Waals surface area contributed by atoms with Crippen molar-refractivity contribution >= 4 is 22.8 Å². The topological polar surface area (TPSA) is 82.9 Å². The lowest BCUT2D eigenvalue weighted by Crippen LogP contribution is -2.37. The van der Waals surface area contributed by atoms with Crippen molar-refractivity contribution in [1.82, 2.24) is 19.1 Å². The summed E-state index contributed by atoms with van der Waals surface area (Å²) < 4.78 is 7.82. The molecule has 0 unspecified atom stereocenters. The summed E-state index contributed by atoms with van der Waals surface area (Å²) in [5.41, 5.74) is -0.490. The second-order valence-electron chi connectivity index (χ2n) is 5.57. The van der Waals surface area contributed by atoms with E-state index >= 15 is 0 Å². The second kappa shape index (κ2) is 6.27. The normalized spacial score (nSPS) is 12.7. The monoisotopic (exact) mass is 346 g/mol. The second-order valence-corrected chi connectivity index (χ2v) is 7.00. The highest BCUT2D eigenvalue weighted by atomic mass is 32.2. The van der Waals surface area contributed by atoms with Gasteiger partial charge in [0.05, 0.1) is 6.26 Å². The minimum atomic E-state index is -0.420. The highest BCUT2D eigenvalue weighted by Crippen LogP contribution is 2.29. The smallest absolute Gasteiger partial charge is 0.332 e. The van der Waals surface area contributed by atoms with Gasteiger partial charge in [-0.3, -0.25) is 13.9 Å². The fraction of sp³-hybridized carbons (Fsp3) is 0.375. The lowest BCUT2D eigenvalue weighted by molar-refractivity contribution is 0.576. The van der Waals surface area contributed by atoms with Crippen LogP contribution in [0.25, 0.3) is 22.6 Å². The molecule has 0 saturated heterocycles. The fourth-order valence-electron chi connectivity index (χ4n) is 2.30. The van der Waals surface area contributed by atoms with E-state index in [0.29, 0.717) is 27.6 Å². The van der Waals surface area contributed by atoms with Crippen molar-refractivity contribution in [2.75, 3.05) is 0 Å². The number of nitrogens with zero attached hydrogens (tertiary/aromatic N) is 4. The minimum absolute atomic E-state index is 0.273. The molecule has 0 fully saturated rings. The summed E-state index contributed by atoms with van der Waals surface area (Å²) in [5.74, 6) is 0.859. The van der Waals surface area contributed by atoms with Gasteiger partial charge in [-0.05, 0) is 18.6 Å². The molecule has 3 heterocycles. The SMILES string of the molecule is CC[C@H](C)Sc1nc(-c2ccco2)nc2c1c(=O)n(C)c(=O)n2C. The molecule has 0 amide bonds. The third kappa shape index (κ3) is 2.66. The summed E-state index contributed by atoms with van der Waals surface area (Å²) in [6.07, 6.45) is 2.46. The maximum Gasteiger partial charge on any atom is 0.332 e. The van der Waals surface area contributed by atoms with Gasteiger partial charge >= 0.3 is 5.69 Å². The maximum absolute atomic E-state index is 12.6. The largest absolute Gasteiger partial charge is 0.461 e. The van der Waals surface area contributed by atoms with Gasteiger partial charge < -0.3 is 4.42 Å². The van der Waals surface area contributed by atoms with Gasteiger partial charge in [-0.2, -0.15) is 0 Å². The first kappa shape index (κ1) is 16.5. The molecule has 0 N–H and O–H groups in total. The molecular weight excluding hydrogens is 328 g/mol. The van der Waals surface area contributed by atoms with E-state index in [2.05, 4.69) is 23.8 Å². The van der Waals surface area contributed by atoms with E-state index < -0.39 is 5.69 Å². The highest BCUT2D eigenvalue weighted by Gasteiger charge is 2.20. The molecule has 0 aliphatic heterocycles. The van der Waals surface area contributed by atoms with Crippen LogP contribution in [0.5, 0.6) is 0 Å². The van der Waals surface area contributed by atoms with Gasteiger partial charge in [0, 0.05) is 19.3 Å². The lowest BCUT2D eigenvalue weighted by atomic mass is 10.3. The van der Waals surface area contributed by atoms with Gasteiger partial charge in [-0.25, -0.2) is 14.8 Å². The van der Waals surface area contributed by atoms with Crippen LogP contribution >= 0.6 is 11.8 Å². The lowest BCUT2D eigenvalue weighted by Gasteiger charge is -2.13. The van der Waals surface area contributed by atoms with Crippen LogP contribution in [0, 0.1) is 0 Å². The van der Waals surface area contributed by atoms with E-state index in [1.165, 1.54) is 29.6 Å². The molecule has 0 saturated carbocycles. The van der Waals surface area contributed by atoms with E-state index in [1.54, 1.807) is 19.2 Å². The van der Waals surface area contributed by atoms with Crippen LogP contribution in [-0.2, 0) is 14.1 Å². The van der Waals surface area contributed by atoms with Crippen molar-refractivity contribution in [3.63, 3.8) is 0 Å². The Morgan fingerprint density at radius 2 is 2.00 bits per heavy atom. The van der Waals surface area contributed by atoms with Gasteiger partial charge in [-0.15, -0.1) is 11.8 Å². The van der Waals surface area contributed by atoms with Crippen molar-refractivity contribution in [3.8, 4) is 11.6 Å². The number of fused-ring (bicyclic) bond motifs is 1. The Morgan fingerprint density at radius 1 is 1.25 bits per heavy atom. The maximum atomic E-state index is 12.6. The van der Waals surface area contributed by atoms with E-state index in [-0.39, 0.29) is 10.8 Å². The standard InChI is InChI=1S/C16H18N4O3S/c1-5-9(2)24-14-11-13(19(3)16(22)20(4)15(11)21)17-12(18-14)10-7-6-8-23-10/h6-9H,5H2,1-4H3/t9-/m0/s1. The van der Waals surface area contributed by atoms with Gasteiger partial charge in [0.1, 0.15) is 10.4 Å². The average molecular weight is 346 g/mol. The molecule has 126 valence electrons. The molecule has 1 atom stereocenters. The molecule has 0 aliphatic rings. The van der Waals surface area contributed by atoms with Crippen LogP contribution in [0.3, 0.4) is 0 Å². The number of hydrogen-bond acceptors (Lipinski definition) is 6. The van der Waals surface area contributed by atoms with Gasteiger partial charge in [-0.1, -0.05) is 13.8 Å². The number of furan rings is 1. The zero-order valence-electron chi connectivity index (χ0n) is 13.9. The van der Waals surface area contributed by atoms with Crippen LogP contribution < -0.4 is 11.2 Å². The Kier molecular flexibility index (Phi) is 4.31. The van der Waals surface area contributed by atoms with E-state index in [9.17, 15) is 9.59 Å². The Morgan fingerprint density at radius 3 is 2.62 bits per heavy atom. The number of rotatable bonds is 4. The molecule has 3 aromatic rings. The zero-order valence-corrected chi connectivity index (χ0v) is 14.8. The van der Waals surface area contributed by atoms with Gasteiger partial charge in [0.15, 0.2) is 17.2 Å². The zero-order chi connectivity index (χ0) is 17.4. The summed E-state index contributed by atoms with van der Waals surface area (Å²) in [4.78, 5) is 33.8. The van der Waals surface area contributed by atoms with E-state index in [4.69, 9.17) is 4.42 Å². The molecule has 0 aromatic carbocycles. The fourth-order valence-corrected chi connectivity index (χ4v) is 3.29. The average Bonchev–Trinajstić information content (AvgIpc) is 3.11. The van der Waals surface area contributed by atoms with Crippen LogP contribution in [0.2, 0.25) is 0 Å².